The van der Waals surface area contributed by atoms with Crippen molar-refractivity contribution in [3.8, 4) is 0 Å². The lowest BCUT2D eigenvalue weighted by Gasteiger charge is -2.49. The zero-order valence-electron chi connectivity index (χ0n) is 13.1. The highest BCUT2D eigenvalue weighted by Gasteiger charge is 2.52. The van der Waals surface area contributed by atoms with Gasteiger partial charge in [-0.2, -0.15) is 0 Å². The lowest BCUT2D eigenvalue weighted by Crippen LogP contribution is -2.51. The number of halogens is 1. The molecule has 1 aromatic carbocycles. The van der Waals surface area contributed by atoms with E-state index in [9.17, 15) is 9.50 Å². The van der Waals surface area contributed by atoms with Gasteiger partial charge in [0.25, 0.3) is 0 Å². The number of hydrogen-bond donors (Lipinski definition) is 2. The molecule has 3 heteroatoms. The number of aliphatic hydroxyl groups is 1. The summed E-state index contributed by atoms with van der Waals surface area (Å²) in [6, 6.07) is 4.99. The van der Waals surface area contributed by atoms with E-state index in [1.165, 1.54) is 6.07 Å². The van der Waals surface area contributed by atoms with Crippen molar-refractivity contribution >= 4 is 0 Å². The molecule has 0 saturated carbocycles. The van der Waals surface area contributed by atoms with E-state index >= 15 is 0 Å². The second-order valence-electron chi connectivity index (χ2n) is 7.33. The first-order chi connectivity index (χ1) is 9.95. The Hall–Kier alpha value is -0.930. The number of benzene rings is 1. The summed E-state index contributed by atoms with van der Waals surface area (Å²) >= 11 is 0. The molecular weight excluding hydrogens is 265 g/mol. The molecular formula is C18H26FNO. The molecule has 1 aromatic rings. The van der Waals surface area contributed by atoms with Gasteiger partial charge < -0.3 is 10.4 Å². The Bertz CT molecular complexity index is 522. The molecule has 1 aliphatic heterocycles. The van der Waals surface area contributed by atoms with Gasteiger partial charge in [-0.05, 0) is 79.8 Å². The predicted octanol–water partition coefficient (Wildman–Crippen LogP) is 3.38. The smallest absolute Gasteiger partial charge is 0.123 e. The lowest BCUT2D eigenvalue weighted by molar-refractivity contribution is -0.130. The van der Waals surface area contributed by atoms with Crippen LogP contribution in [0.15, 0.2) is 18.2 Å². The fraction of sp³-hybridized carbons (Fsp3) is 0.667. The SMILES string of the molecule is CC1(C)CCCc2ccc(F)cc2C1(O)C1CCNCC1. The van der Waals surface area contributed by atoms with Crippen LogP contribution in [0.3, 0.4) is 0 Å². The minimum absolute atomic E-state index is 0.201. The van der Waals surface area contributed by atoms with Crippen molar-refractivity contribution in [2.45, 2.75) is 51.6 Å². The first-order valence-electron chi connectivity index (χ1n) is 8.17. The van der Waals surface area contributed by atoms with E-state index in [1.807, 2.05) is 6.07 Å². The first kappa shape index (κ1) is 15.0. The van der Waals surface area contributed by atoms with E-state index in [4.69, 9.17) is 0 Å². The summed E-state index contributed by atoms with van der Waals surface area (Å²) in [6.07, 6.45) is 4.88. The number of fused-ring (bicyclic) bond motifs is 1. The van der Waals surface area contributed by atoms with Crippen LogP contribution in [-0.2, 0) is 12.0 Å². The van der Waals surface area contributed by atoms with Crippen molar-refractivity contribution in [1.29, 1.82) is 0 Å². The monoisotopic (exact) mass is 291 g/mol. The van der Waals surface area contributed by atoms with Gasteiger partial charge >= 0.3 is 0 Å². The second kappa shape index (κ2) is 5.36. The first-order valence-corrected chi connectivity index (χ1v) is 8.17. The summed E-state index contributed by atoms with van der Waals surface area (Å²) in [5.41, 5.74) is 0.816. The topological polar surface area (TPSA) is 32.3 Å². The number of aryl methyl sites for hydroxylation is 1. The largest absolute Gasteiger partial charge is 0.384 e. The van der Waals surface area contributed by atoms with Crippen LogP contribution in [0.25, 0.3) is 0 Å². The molecule has 1 saturated heterocycles. The van der Waals surface area contributed by atoms with Crippen molar-refractivity contribution in [1.82, 2.24) is 5.32 Å². The molecule has 2 N–H and O–H groups in total. The van der Waals surface area contributed by atoms with Crippen LogP contribution < -0.4 is 5.32 Å². The fourth-order valence-corrected chi connectivity index (χ4v) is 4.41. The van der Waals surface area contributed by atoms with Crippen molar-refractivity contribution < 1.29 is 9.50 Å². The Morgan fingerprint density at radius 3 is 2.67 bits per heavy atom. The summed E-state index contributed by atoms with van der Waals surface area (Å²) in [7, 11) is 0. The highest BCUT2D eigenvalue weighted by molar-refractivity contribution is 5.37. The van der Waals surface area contributed by atoms with Gasteiger partial charge in [0, 0.05) is 0 Å². The van der Waals surface area contributed by atoms with Crippen molar-refractivity contribution in [2.75, 3.05) is 13.1 Å². The summed E-state index contributed by atoms with van der Waals surface area (Å²) in [5, 5.41) is 15.2. The average molecular weight is 291 g/mol. The summed E-state index contributed by atoms with van der Waals surface area (Å²) in [6.45, 7) is 6.17. The Morgan fingerprint density at radius 2 is 1.95 bits per heavy atom. The van der Waals surface area contributed by atoms with E-state index in [2.05, 4.69) is 19.2 Å². The van der Waals surface area contributed by atoms with Gasteiger partial charge in [-0.25, -0.2) is 4.39 Å². The van der Waals surface area contributed by atoms with Crippen LogP contribution >= 0.6 is 0 Å². The minimum Gasteiger partial charge on any atom is -0.384 e. The van der Waals surface area contributed by atoms with Crippen LogP contribution in [0.1, 0.15) is 50.7 Å². The van der Waals surface area contributed by atoms with Gasteiger partial charge in [0.1, 0.15) is 5.82 Å². The molecule has 21 heavy (non-hydrogen) atoms. The minimum atomic E-state index is -0.928. The number of hydrogen-bond acceptors (Lipinski definition) is 2. The molecule has 1 heterocycles. The molecule has 2 nitrogen and oxygen atoms in total. The standard InChI is InChI=1S/C18H26FNO/c1-17(2)9-3-4-13-5-6-15(19)12-16(13)18(17,21)14-7-10-20-11-8-14/h5-6,12,14,20-21H,3-4,7-11H2,1-2H3. The van der Waals surface area contributed by atoms with E-state index in [0.717, 1.165) is 56.3 Å². The molecule has 0 amide bonds. The molecule has 1 unspecified atom stereocenters. The van der Waals surface area contributed by atoms with E-state index in [0.29, 0.717) is 0 Å². The molecule has 116 valence electrons. The maximum atomic E-state index is 13.9. The maximum absolute atomic E-state index is 13.9. The summed E-state index contributed by atoms with van der Waals surface area (Å²) in [5.74, 6) is -0.0359. The molecule has 0 aromatic heterocycles. The van der Waals surface area contributed by atoms with Gasteiger partial charge in [0.2, 0.25) is 0 Å². The zero-order valence-corrected chi connectivity index (χ0v) is 13.1. The Morgan fingerprint density at radius 1 is 1.24 bits per heavy atom. The number of rotatable bonds is 1. The highest BCUT2D eigenvalue weighted by atomic mass is 19.1. The van der Waals surface area contributed by atoms with E-state index in [-0.39, 0.29) is 17.2 Å². The van der Waals surface area contributed by atoms with Gasteiger partial charge in [-0.15, -0.1) is 0 Å². The fourth-order valence-electron chi connectivity index (χ4n) is 4.41. The molecule has 2 aliphatic rings. The van der Waals surface area contributed by atoms with Crippen LogP contribution in [0.2, 0.25) is 0 Å². The van der Waals surface area contributed by atoms with Crippen LogP contribution in [-0.4, -0.2) is 18.2 Å². The van der Waals surface area contributed by atoms with Crippen LogP contribution in [0.5, 0.6) is 0 Å². The van der Waals surface area contributed by atoms with E-state index < -0.39 is 5.60 Å². The van der Waals surface area contributed by atoms with Crippen molar-refractivity contribution in [3.05, 3.63) is 35.1 Å². The number of nitrogens with one attached hydrogen (secondary N) is 1. The molecule has 0 bridgehead atoms. The highest BCUT2D eigenvalue weighted by Crippen LogP contribution is 2.53. The third kappa shape index (κ3) is 2.40. The van der Waals surface area contributed by atoms with Gasteiger partial charge in [-0.1, -0.05) is 19.9 Å². The Labute approximate surface area is 126 Å². The molecule has 0 spiro atoms. The molecule has 1 fully saturated rings. The van der Waals surface area contributed by atoms with Crippen LogP contribution in [0, 0.1) is 17.2 Å². The van der Waals surface area contributed by atoms with Gasteiger partial charge in [0.15, 0.2) is 0 Å². The van der Waals surface area contributed by atoms with Gasteiger partial charge in [-0.3, -0.25) is 0 Å². The molecule has 1 atom stereocenters. The summed E-state index contributed by atoms with van der Waals surface area (Å²) < 4.78 is 13.9. The molecule has 1 aliphatic carbocycles. The second-order valence-corrected chi connectivity index (χ2v) is 7.33. The lowest BCUT2D eigenvalue weighted by atomic mass is 9.61. The summed E-state index contributed by atoms with van der Waals surface area (Å²) in [4.78, 5) is 0. The van der Waals surface area contributed by atoms with E-state index in [1.54, 1.807) is 6.07 Å². The third-order valence-corrected chi connectivity index (χ3v) is 5.69. The third-order valence-electron chi connectivity index (χ3n) is 5.69. The van der Waals surface area contributed by atoms with Crippen LogP contribution in [0.4, 0.5) is 4.39 Å². The normalized spacial score (nSPS) is 29.7. The average Bonchev–Trinajstić information content (AvgIpc) is 2.57. The maximum Gasteiger partial charge on any atom is 0.123 e. The number of piperidine rings is 1. The van der Waals surface area contributed by atoms with Crippen molar-refractivity contribution in [3.63, 3.8) is 0 Å². The quantitative estimate of drug-likeness (QED) is 0.778. The molecule has 3 rings (SSSR count). The van der Waals surface area contributed by atoms with Gasteiger partial charge in [0.05, 0.1) is 5.60 Å². The predicted molar refractivity (Wildman–Crippen MR) is 82.6 cm³/mol. The Kier molecular flexibility index (Phi) is 3.83. The Balaban J connectivity index is 2.14. The zero-order chi connectivity index (χ0) is 15.1. The van der Waals surface area contributed by atoms with Crippen molar-refractivity contribution in [2.24, 2.45) is 11.3 Å². The molecule has 0 radical (unpaired) electrons.